The van der Waals surface area contributed by atoms with Gasteiger partial charge >= 0.3 is 0 Å². The third-order valence-electron chi connectivity index (χ3n) is 3.03. The van der Waals surface area contributed by atoms with Crippen LogP contribution in [0.3, 0.4) is 0 Å². The number of hydrogen-bond acceptors (Lipinski definition) is 5. The number of β-amino-alcohol motifs (C(OH)–C–C–N with tert-alkyl or cyclic N) is 1. The maximum atomic E-state index is 11.3. The first-order valence-electron chi connectivity index (χ1n) is 5.59. The van der Waals surface area contributed by atoms with Crippen LogP contribution in [-0.2, 0) is 11.2 Å². The van der Waals surface area contributed by atoms with Crippen LogP contribution >= 0.6 is 0 Å². The minimum atomic E-state index is -0.573. The third kappa shape index (κ3) is 2.65. The van der Waals surface area contributed by atoms with E-state index in [0.717, 1.165) is 5.69 Å². The Labute approximate surface area is 98.8 Å². The maximum Gasteiger partial charge on any atom is 0.248 e. The van der Waals surface area contributed by atoms with Crippen LogP contribution in [0.5, 0.6) is 0 Å². The summed E-state index contributed by atoms with van der Waals surface area (Å²) < 4.78 is 5.08. The number of hydrogen-bond donors (Lipinski definition) is 2. The number of carbonyl (C=O) groups excluding carboxylic acids is 1. The van der Waals surface area contributed by atoms with E-state index in [-0.39, 0.29) is 18.4 Å². The topological polar surface area (TPSA) is 86.8 Å². The number of likely N-dealkylation sites (tertiary alicyclic amines) is 1. The highest BCUT2D eigenvalue weighted by atomic mass is 16.5. The normalized spacial score (nSPS) is 24.3. The second-order valence-corrected chi connectivity index (χ2v) is 4.42. The summed E-state index contributed by atoms with van der Waals surface area (Å²) >= 11 is 0. The SMILES string of the molecule is Cc1cc(C[C@@H]2CN(C(=O)CO)C[C@H]2O)on1. The first kappa shape index (κ1) is 12.1. The predicted molar refractivity (Wildman–Crippen MR) is 58.1 cm³/mol. The molecule has 1 saturated heterocycles. The highest BCUT2D eigenvalue weighted by Gasteiger charge is 2.34. The van der Waals surface area contributed by atoms with Crippen molar-refractivity contribution in [2.75, 3.05) is 19.7 Å². The summed E-state index contributed by atoms with van der Waals surface area (Å²) in [6.07, 6.45) is -0.0204. The Morgan fingerprint density at radius 2 is 2.41 bits per heavy atom. The van der Waals surface area contributed by atoms with E-state index >= 15 is 0 Å². The highest BCUT2D eigenvalue weighted by Crippen LogP contribution is 2.21. The van der Waals surface area contributed by atoms with E-state index in [9.17, 15) is 9.90 Å². The predicted octanol–water partition coefficient (Wildman–Crippen LogP) is -0.663. The summed E-state index contributed by atoms with van der Waals surface area (Å²) in [4.78, 5) is 12.8. The zero-order chi connectivity index (χ0) is 12.4. The number of amides is 1. The van der Waals surface area contributed by atoms with Crippen LogP contribution in [0.1, 0.15) is 11.5 Å². The molecular formula is C11H16N2O4. The van der Waals surface area contributed by atoms with Crippen LogP contribution in [0.25, 0.3) is 0 Å². The number of rotatable bonds is 3. The highest BCUT2D eigenvalue weighted by molar-refractivity contribution is 5.77. The lowest BCUT2D eigenvalue weighted by Crippen LogP contribution is -2.31. The van der Waals surface area contributed by atoms with E-state index in [1.54, 1.807) is 0 Å². The molecule has 2 N–H and O–H groups in total. The molecule has 0 bridgehead atoms. The molecular weight excluding hydrogens is 224 g/mol. The molecule has 1 aromatic heterocycles. The minimum Gasteiger partial charge on any atom is -0.391 e. The van der Waals surface area contributed by atoms with Gasteiger partial charge in [-0.25, -0.2) is 0 Å². The van der Waals surface area contributed by atoms with Crippen LogP contribution in [0.4, 0.5) is 0 Å². The van der Waals surface area contributed by atoms with Crippen LogP contribution in [0, 0.1) is 12.8 Å². The molecule has 0 spiro atoms. The number of nitrogens with zero attached hydrogens (tertiary/aromatic N) is 2. The first-order valence-corrected chi connectivity index (χ1v) is 5.59. The van der Waals surface area contributed by atoms with E-state index in [4.69, 9.17) is 9.63 Å². The van der Waals surface area contributed by atoms with Crippen molar-refractivity contribution >= 4 is 5.91 Å². The van der Waals surface area contributed by atoms with Gasteiger partial charge in [-0.2, -0.15) is 0 Å². The van der Waals surface area contributed by atoms with Gasteiger partial charge in [0.25, 0.3) is 0 Å². The van der Waals surface area contributed by atoms with E-state index in [1.807, 2.05) is 13.0 Å². The van der Waals surface area contributed by atoms with Crippen LogP contribution in [0.2, 0.25) is 0 Å². The molecule has 1 fully saturated rings. The van der Waals surface area contributed by atoms with Crippen molar-refractivity contribution in [3.8, 4) is 0 Å². The quantitative estimate of drug-likeness (QED) is 0.732. The van der Waals surface area contributed by atoms with Gasteiger partial charge in [-0.15, -0.1) is 0 Å². The number of carbonyl (C=O) groups is 1. The third-order valence-corrected chi connectivity index (χ3v) is 3.03. The summed E-state index contributed by atoms with van der Waals surface area (Å²) in [6.45, 7) is 2.04. The van der Waals surface area contributed by atoms with Gasteiger partial charge in [-0.1, -0.05) is 5.16 Å². The van der Waals surface area contributed by atoms with E-state index in [1.165, 1.54) is 4.90 Å². The molecule has 6 heteroatoms. The largest absolute Gasteiger partial charge is 0.391 e. The maximum absolute atomic E-state index is 11.3. The van der Waals surface area contributed by atoms with E-state index in [0.29, 0.717) is 18.7 Å². The van der Waals surface area contributed by atoms with Gasteiger partial charge in [-0.3, -0.25) is 4.79 Å². The lowest BCUT2D eigenvalue weighted by atomic mass is 10.0. The first-order chi connectivity index (χ1) is 8.10. The Hall–Kier alpha value is -1.40. The van der Waals surface area contributed by atoms with Crippen molar-refractivity contribution in [2.45, 2.75) is 19.4 Å². The average molecular weight is 240 g/mol. The molecule has 0 aromatic carbocycles. The summed E-state index contributed by atoms with van der Waals surface area (Å²) in [5, 5.41) is 22.4. The van der Waals surface area contributed by atoms with Crippen molar-refractivity contribution in [3.63, 3.8) is 0 Å². The smallest absolute Gasteiger partial charge is 0.248 e. The van der Waals surface area contributed by atoms with Crippen molar-refractivity contribution in [3.05, 3.63) is 17.5 Å². The lowest BCUT2D eigenvalue weighted by Gasteiger charge is -2.13. The molecule has 0 aliphatic carbocycles. The van der Waals surface area contributed by atoms with Gasteiger partial charge in [0, 0.05) is 31.5 Å². The Morgan fingerprint density at radius 3 is 3.00 bits per heavy atom. The second kappa shape index (κ2) is 4.85. The summed E-state index contributed by atoms with van der Waals surface area (Å²) in [7, 11) is 0. The van der Waals surface area contributed by atoms with Crippen molar-refractivity contribution < 1.29 is 19.5 Å². The zero-order valence-electron chi connectivity index (χ0n) is 9.67. The van der Waals surface area contributed by atoms with Crippen LogP contribution in [-0.4, -0.2) is 52.0 Å². The standard InChI is InChI=1S/C11H16N2O4/c1-7-2-9(17-12-7)3-8-4-13(5-10(8)15)11(16)6-14/h2,8,10,14-15H,3-6H2,1H3/t8-,10-/m1/s1. The molecule has 2 atom stereocenters. The van der Waals surface area contributed by atoms with Gasteiger partial charge in [0.15, 0.2) is 0 Å². The molecule has 2 rings (SSSR count). The van der Waals surface area contributed by atoms with Gasteiger partial charge in [0.05, 0.1) is 11.8 Å². The molecule has 6 nitrogen and oxygen atoms in total. The molecule has 1 aliphatic heterocycles. The monoisotopic (exact) mass is 240 g/mol. The fourth-order valence-corrected chi connectivity index (χ4v) is 2.13. The molecule has 1 aliphatic rings. The number of aryl methyl sites for hydroxylation is 1. The fourth-order valence-electron chi connectivity index (χ4n) is 2.13. The summed E-state index contributed by atoms with van der Waals surface area (Å²) in [5.74, 6) is 0.308. The Bertz CT molecular complexity index is 404. The Balaban J connectivity index is 1.96. The van der Waals surface area contributed by atoms with E-state index < -0.39 is 12.7 Å². The molecule has 1 amide bonds. The van der Waals surface area contributed by atoms with Gasteiger partial charge in [0.1, 0.15) is 12.4 Å². The fraction of sp³-hybridized carbons (Fsp3) is 0.636. The lowest BCUT2D eigenvalue weighted by molar-refractivity contribution is -0.133. The Kier molecular flexibility index (Phi) is 3.44. The number of aromatic nitrogens is 1. The Morgan fingerprint density at radius 1 is 1.65 bits per heavy atom. The molecule has 94 valence electrons. The molecule has 1 aromatic rings. The van der Waals surface area contributed by atoms with Gasteiger partial charge in [0.2, 0.25) is 5.91 Å². The number of aliphatic hydroxyl groups excluding tert-OH is 2. The van der Waals surface area contributed by atoms with Crippen LogP contribution in [0.15, 0.2) is 10.6 Å². The zero-order valence-corrected chi connectivity index (χ0v) is 9.67. The van der Waals surface area contributed by atoms with Gasteiger partial charge < -0.3 is 19.6 Å². The average Bonchev–Trinajstić information content (AvgIpc) is 2.86. The molecule has 0 unspecified atom stereocenters. The van der Waals surface area contributed by atoms with Crippen molar-refractivity contribution in [1.82, 2.24) is 10.1 Å². The number of aliphatic hydroxyl groups is 2. The summed E-state index contributed by atoms with van der Waals surface area (Å²) in [5.41, 5.74) is 0.802. The minimum absolute atomic E-state index is 0.0575. The molecule has 0 radical (unpaired) electrons. The van der Waals surface area contributed by atoms with Crippen molar-refractivity contribution in [1.29, 1.82) is 0 Å². The summed E-state index contributed by atoms with van der Waals surface area (Å²) in [6, 6.07) is 1.82. The molecule has 17 heavy (non-hydrogen) atoms. The van der Waals surface area contributed by atoms with E-state index in [2.05, 4.69) is 5.16 Å². The molecule has 2 heterocycles. The second-order valence-electron chi connectivity index (χ2n) is 4.42. The molecule has 0 saturated carbocycles. The van der Waals surface area contributed by atoms with Crippen molar-refractivity contribution in [2.24, 2.45) is 5.92 Å². The van der Waals surface area contributed by atoms with Crippen LogP contribution < -0.4 is 0 Å². The van der Waals surface area contributed by atoms with Gasteiger partial charge in [-0.05, 0) is 6.92 Å².